The topological polar surface area (TPSA) is 301 Å². The number of hydrogen-bond donors (Lipinski definition) is 10. The number of phenolic OH excluding ortho intramolecular Hbond substituents is 2. The standard InChI is InChI=1S/C32H42N6O11/c1-16(2)11-22(35-28(44)21(33)12-17-3-7-19(39)8-4-17)29(45)37-24(15-27(42)43)31(47)36-23(14-26(34)41)30(46)38-25(32(48)49)13-18-5-9-20(40)10-6-18/h3-10,16,21-25,39-40H,11-15,33H2,1-2H3,(H2,34,41)(H,35,44)(H,36,47)(H,37,45)(H,38,46)(H,42,43)(H,48,49)/t21-,22-,23-,24-,25-/m0/s1. The van der Waals surface area contributed by atoms with Gasteiger partial charge in [-0.25, -0.2) is 4.79 Å². The first kappa shape index (κ1) is 39.5. The van der Waals surface area contributed by atoms with Crippen molar-refractivity contribution in [2.45, 2.75) is 76.2 Å². The Bertz CT molecular complexity index is 1500. The van der Waals surface area contributed by atoms with Crippen molar-refractivity contribution in [1.82, 2.24) is 21.3 Å². The number of hydrogen-bond acceptors (Lipinski definition) is 10. The zero-order valence-electron chi connectivity index (χ0n) is 26.9. The summed E-state index contributed by atoms with van der Waals surface area (Å²) in [6.07, 6.45) is -1.88. The summed E-state index contributed by atoms with van der Waals surface area (Å²) in [5, 5.41) is 47.2. The summed E-state index contributed by atoms with van der Waals surface area (Å²) in [6.45, 7) is 3.51. The minimum Gasteiger partial charge on any atom is -0.508 e. The lowest BCUT2D eigenvalue weighted by atomic mass is 10.0. The number of nitrogens with one attached hydrogen (secondary N) is 4. The molecule has 0 fully saturated rings. The third-order valence-electron chi connectivity index (χ3n) is 7.11. The number of aliphatic carboxylic acids is 2. The van der Waals surface area contributed by atoms with Gasteiger partial charge in [0.2, 0.25) is 29.5 Å². The molecule has 5 amide bonds. The van der Waals surface area contributed by atoms with Gasteiger partial charge in [-0.3, -0.25) is 28.8 Å². The van der Waals surface area contributed by atoms with Crippen LogP contribution in [0.25, 0.3) is 0 Å². The fraction of sp³-hybridized carbons (Fsp3) is 0.406. The molecule has 49 heavy (non-hydrogen) atoms. The Balaban J connectivity index is 2.20. The number of aromatic hydroxyl groups is 2. The molecule has 17 heteroatoms. The van der Waals surface area contributed by atoms with Crippen LogP contribution in [0.2, 0.25) is 0 Å². The number of benzene rings is 2. The first-order valence-electron chi connectivity index (χ1n) is 15.2. The molecule has 0 spiro atoms. The summed E-state index contributed by atoms with van der Waals surface area (Å²) < 4.78 is 0. The molecule has 0 radical (unpaired) electrons. The molecule has 0 saturated carbocycles. The summed E-state index contributed by atoms with van der Waals surface area (Å²) in [5.41, 5.74) is 12.3. The van der Waals surface area contributed by atoms with Gasteiger partial charge in [0.25, 0.3) is 0 Å². The summed E-state index contributed by atoms with van der Waals surface area (Å²) in [4.78, 5) is 87.9. The number of carboxylic acid groups (broad SMARTS) is 2. The maximum atomic E-state index is 13.3. The number of nitrogens with two attached hydrogens (primary N) is 2. The summed E-state index contributed by atoms with van der Waals surface area (Å²) in [5.74, 6) is -8.24. The van der Waals surface area contributed by atoms with Crippen LogP contribution in [0, 0.1) is 5.92 Å². The van der Waals surface area contributed by atoms with Gasteiger partial charge in [-0.05, 0) is 54.2 Å². The van der Waals surface area contributed by atoms with Crippen molar-refractivity contribution in [2.75, 3.05) is 0 Å². The van der Waals surface area contributed by atoms with Crippen molar-refractivity contribution in [3.63, 3.8) is 0 Å². The van der Waals surface area contributed by atoms with E-state index in [0.717, 1.165) is 0 Å². The van der Waals surface area contributed by atoms with Crippen LogP contribution in [0.1, 0.15) is 44.2 Å². The van der Waals surface area contributed by atoms with Gasteiger partial charge in [0.1, 0.15) is 35.7 Å². The molecule has 5 atom stereocenters. The largest absolute Gasteiger partial charge is 0.508 e. The highest BCUT2D eigenvalue weighted by Crippen LogP contribution is 2.13. The summed E-state index contributed by atoms with van der Waals surface area (Å²) in [7, 11) is 0. The van der Waals surface area contributed by atoms with E-state index < -0.39 is 84.5 Å². The highest BCUT2D eigenvalue weighted by molar-refractivity contribution is 5.98. The van der Waals surface area contributed by atoms with Gasteiger partial charge in [0.15, 0.2) is 0 Å². The summed E-state index contributed by atoms with van der Waals surface area (Å²) >= 11 is 0. The van der Waals surface area contributed by atoms with E-state index in [9.17, 15) is 54.0 Å². The Hall–Kier alpha value is -5.71. The van der Waals surface area contributed by atoms with Gasteiger partial charge in [-0.15, -0.1) is 0 Å². The molecule has 0 unspecified atom stereocenters. The van der Waals surface area contributed by atoms with Crippen molar-refractivity contribution in [3.8, 4) is 11.5 Å². The number of carbonyl (C=O) groups excluding carboxylic acids is 5. The molecule has 0 saturated heterocycles. The Morgan fingerprint density at radius 3 is 1.45 bits per heavy atom. The Kier molecular flexibility index (Phi) is 15.0. The number of phenols is 2. The second kappa shape index (κ2) is 18.6. The molecule has 2 rings (SSSR count). The van der Waals surface area contributed by atoms with Crippen LogP contribution in [-0.2, 0) is 46.4 Å². The third-order valence-corrected chi connectivity index (χ3v) is 7.11. The molecule has 17 nitrogen and oxygen atoms in total. The van der Waals surface area contributed by atoms with Crippen LogP contribution in [0.15, 0.2) is 48.5 Å². The van der Waals surface area contributed by atoms with Gasteiger partial charge in [0.05, 0.1) is 18.9 Å². The van der Waals surface area contributed by atoms with Gasteiger partial charge >= 0.3 is 11.9 Å². The number of rotatable bonds is 19. The average Bonchev–Trinajstić information content (AvgIpc) is 3.00. The number of amides is 5. The highest BCUT2D eigenvalue weighted by Gasteiger charge is 2.34. The Morgan fingerprint density at radius 1 is 0.612 bits per heavy atom. The molecule has 0 aliphatic heterocycles. The Labute approximate surface area is 281 Å². The lowest BCUT2D eigenvalue weighted by molar-refractivity contribution is -0.143. The zero-order valence-corrected chi connectivity index (χ0v) is 26.9. The van der Waals surface area contributed by atoms with Gasteiger partial charge in [0, 0.05) is 6.42 Å². The quantitative estimate of drug-likeness (QED) is 0.0819. The van der Waals surface area contributed by atoms with Crippen LogP contribution < -0.4 is 32.7 Å². The Morgan fingerprint density at radius 2 is 1.02 bits per heavy atom. The van der Waals surface area contributed by atoms with Crippen molar-refractivity contribution in [2.24, 2.45) is 17.4 Å². The van der Waals surface area contributed by atoms with Gasteiger partial charge < -0.3 is 53.2 Å². The van der Waals surface area contributed by atoms with Crippen molar-refractivity contribution < 1.29 is 54.0 Å². The maximum absolute atomic E-state index is 13.3. The van der Waals surface area contributed by atoms with E-state index >= 15 is 0 Å². The summed E-state index contributed by atoms with van der Waals surface area (Å²) in [6, 6.07) is 3.98. The van der Waals surface area contributed by atoms with Crippen LogP contribution in [0.4, 0.5) is 0 Å². The predicted octanol–water partition coefficient (Wildman–Crippen LogP) is -1.37. The first-order chi connectivity index (χ1) is 22.9. The van der Waals surface area contributed by atoms with E-state index in [1.807, 2.05) is 0 Å². The third kappa shape index (κ3) is 13.9. The molecule has 2 aromatic carbocycles. The highest BCUT2D eigenvalue weighted by atomic mass is 16.4. The van der Waals surface area contributed by atoms with Crippen molar-refractivity contribution >= 4 is 41.5 Å². The first-order valence-corrected chi connectivity index (χ1v) is 15.2. The van der Waals surface area contributed by atoms with E-state index in [0.29, 0.717) is 11.1 Å². The molecular formula is C32H42N6O11. The second-order valence-electron chi connectivity index (χ2n) is 11.8. The van der Waals surface area contributed by atoms with Crippen LogP contribution in [0.5, 0.6) is 11.5 Å². The van der Waals surface area contributed by atoms with Crippen LogP contribution in [0.3, 0.4) is 0 Å². The molecular weight excluding hydrogens is 644 g/mol. The normalized spacial score (nSPS) is 14.0. The minimum atomic E-state index is -1.81. The molecule has 0 aliphatic rings. The van der Waals surface area contributed by atoms with Crippen molar-refractivity contribution in [1.29, 1.82) is 0 Å². The number of carbonyl (C=O) groups is 7. The maximum Gasteiger partial charge on any atom is 0.326 e. The zero-order chi connectivity index (χ0) is 36.8. The van der Waals surface area contributed by atoms with E-state index in [4.69, 9.17) is 11.5 Å². The SMILES string of the molecule is CC(C)C[C@H](NC(=O)[C@@H](N)Cc1ccc(O)cc1)C(=O)N[C@@H](CC(=O)O)C(=O)N[C@@H](CC(N)=O)C(=O)N[C@@H](Cc1ccc(O)cc1)C(=O)O. The lowest BCUT2D eigenvalue weighted by Crippen LogP contribution is -2.59. The molecule has 2 aromatic rings. The minimum absolute atomic E-state index is 0.0204. The van der Waals surface area contributed by atoms with Crippen LogP contribution >= 0.6 is 0 Å². The molecule has 12 N–H and O–H groups in total. The number of carboxylic acids is 2. The molecule has 0 heterocycles. The van der Waals surface area contributed by atoms with E-state index in [2.05, 4.69) is 21.3 Å². The molecule has 0 aromatic heterocycles. The van der Waals surface area contributed by atoms with Gasteiger partial charge in [-0.1, -0.05) is 38.1 Å². The van der Waals surface area contributed by atoms with E-state index in [1.54, 1.807) is 26.0 Å². The fourth-order valence-corrected chi connectivity index (χ4v) is 4.64. The predicted molar refractivity (Wildman–Crippen MR) is 172 cm³/mol. The lowest BCUT2D eigenvalue weighted by Gasteiger charge is -2.26. The second-order valence-corrected chi connectivity index (χ2v) is 11.8. The molecule has 0 bridgehead atoms. The van der Waals surface area contributed by atoms with E-state index in [-0.39, 0.29) is 36.7 Å². The smallest absolute Gasteiger partial charge is 0.326 e. The average molecular weight is 687 g/mol. The monoisotopic (exact) mass is 686 g/mol. The molecule has 266 valence electrons. The van der Waals surface area contributed by atoms with Crippen molar-refractivity contribution in [3.05, 3.63) is 59.7 Å². The number of primary amides is 1. The van der Waals surface area contributed by atoms with Crippen LogP contribution in [-0.4, -0.2) is 92.1 Å². The van der Waals surface area contributed by atoms with Gasteiger partial charge in [-0.2, -0.15) is 0 Å². The molecule has 0 aliphatic carbocycles. The fourth-order valence-electron chi connectivity index (χ4n) is 4.64. The van der Waals surface area contributed by atoms with E-state index in [1.165, 1.54) is 36.4 Å².